The Morgan fingerprint density at radius 1 is 1.19 bits per heavy atom. The van der Waals surface area contributed by atoms with Crippen molar-refractivity contribution in [2.24, 2.45) is 5.92 Å². The first-order chi connectivity index (χ1) is 14.7. The van der Waals surface area contributed by atoms with E-state index in [1.807, 2.05) is 0 Å². The minimum absolute atomic E-state index is 0.194. The van der Waals surface area contributed by atoms with Gasteiger partial charge in [-0.1, -0.05) is 6.92 Å². The molecule has 1 fully saturated rings. The smallest absolute Gasteiger partial charge is 0.303 e. The van der Waals surface area contributed by atoms with Gasteiger partial charge in [0.1, 0.15) is 30.9 Å². The zero-order valence-electron chi connectivity index (χ0n) is 17.6. The van der Waals surface area contributed by atoms with Crippen LogP contribution in [0.1, 0.15) is 40.3 Å². The van der Waals surface area contributed by atoms with Crippen LogP contribution < -0.4 is 5.32 Å². The van der Waals surface area contributed by atoms with E-state index in [0.717, 1.165) is 0 Å². The fraction of sp³-hybridized carbons (Fsp3) is 0.579. The van der Waals surface area contributed by atoms with Gasteiger partial charge in [-0.25, -0.2) is 15.0 Å². The van der Waals surface area contributed by atoms with E-state index in [1.54, 1.807) is 11.5 Å². The number of aliphatic hydroxyl groups excluding tert-OH is 1. The van der Waals surface area contributed by atoms with Crippen molar-refractivity contribution in [1.82, 2.24) is 19.5 Å². The van der Waals surface area contributed by atoms with Gasteiger partial charge in [-0.3, -0.25) is 19.0 Å². The van der Waals surface area contributed by atoms with Gasteiger partial charge in [-0.05, 0) is 0 Å². The van der Waals surface area contributed by atoms with Crippen LogP contribution in [0.5, 0.6) is 0 Å². The molecule has 0 aliphatic carbocycles. The Bertz CT molecular complexity index is 978. The number of imidazole rings is 1. The van der Waals surface area contributed by atoms with Crippen LogP contribution in [0.15, 0.2) is 12.7 Å². The van der Waals surface area contributed by atoms with Crippen LogP contribution in [0, 0.1) is 5.92 Å². The van der Waals surface area contributed by atoms with Gasteiger partial charge in [0.05, 0.1) is 12.9 Å². The van der Waals surface area contributed by atoms with Crippen LogP contribution in [0.25, 0.3) is 11.2 Å². The maximum atomic E-state index is 11.7. The van der Waals surface area contributed by atoms with Crippen molar-refractivity contribution in [3.05, 3.63) is 12.7 Å². The van der Waals surface area contributed by atoms with Gasteiger partial charge in [-0.15, -0.1) is 0 Å². The molecule has 0 radical (unpaired) electrons. The number of anilines is 1. The molecule has 3 rings (SSSR count). The lowest BCUT2D eigenvalue weighted by molar-refractivity contribution is -0.169. The highest BCUT2D eigenvalue weighted by molar-refractivity contribution is 5.95. The van der Waals surface area contributed by atoms with Crippen LogP contribution in [-0.2, 0) is 28.6 Å². The fourth-order valence-corrected chi connectivity index (χ4v) is 3.69. The summed E-state index contributed by atoms with van der Waals surface area (Å²) in [5, 5.41) is 12.5. The van der Waals surface area contributed by atoms with Crippen LogP contribution >= 0.6 is 0 Å². The molecule has 12 heteroatoms. The highest BCUT2D eigenvalue weighted by Gasteiger charge is 2.43. The molecule has 31 heavy (non-hydrogen) atoms. The molecule has 0 bridgehead atoms. The molecule has 1 amide bonds. The summed E-state index contributed by atoms with van der Waals surface area (Å²) in [5.41, 5.74) is 0.723. The Labute approximate surface area is 177 Å². The highest BCUT2D eigenvalue weighted by Crippen LogP contribution is 2.35. The number of fused-ring (bicyclic) bond motifs is 1. The van der Waals surface area contributed by atoms with Crippen molar-refractivity contribution in [1.29, 1.82) is 0 Å². The summed E-state index contributed by atoms with van der Waals surface area (Å²) in [4.78, 5) is 47.4. The predicted molar refractivity (Wildman–Crippen MR) is 106 cm³/mol. The topological polar surface area (TPSA) is 155 Å². The monoisotopic (exact) mass is 435 g/mol. The van der Waals surface area contributed by atoms with E-state index in [4.69, 9.17) is 14.2 Å². The van der Waals surface area contributed by atoms with Crippen LogP contribution in [-0.4, -0.2) is 67.4 Å². The van der Waals surface area contributed by atoms with Crippen LogP contribution in [0.2, 0.25) is 0 Å². The van der Waals surface area contributed by atoms with E-state index in [0.29, 0.717) is 11.2 Å². The van der Waals surface area contributed by atoms with E-state index in [2.05, 4.69) is 20.3 Å². The number of ether oxygens (including phenoxy) is 3. The average Bonchev–Trinajstić information content (AvgIpc) is 3.07. The Balaban J connectivity index is 2.02. The molecule has 1 saturated heterocycles. The Morgan fingerprint density at radius 2 is 1.90 bits per heavy atom. The fourth-order valence-electron chi connectivity index (χ4n) is 3.69. The second kappa shape index (κ2) is 9.35. The Hall–Kier alpha value is -3.12. The van der Waals surface area contributed by atoms with E-state index >= 15 is 0 Å². The summed E-state index contributed by atoms with van der Waals surface area (Å²) in [5.74, 6) is -1.56. The molecule has 0 saturated carbocycles. The number of amides is 1. The number of rotatable bonds is 5. The van der Waals surface area contributed by atoms with Gasteiger partial charge in [0.15, 0.2) is 17.0 Å². The Morgan fingerprint density at radius 3 is 2.52 bits per heavy atom. The lowest BCUT2D eigenvalue weighted by atomic mass is 9.93. The van der Waals surface area contributed by atoms with E-state index in [1.165, 1.54) is 33.4 Å². The van der Waals surface area contributed by atoms with Crippen molar-refractivity contribution in [3.8, 4) is 0 Å². The normalized spacial score (nSPS) is 26.2. The maximum Gasteiger partial charge on any atom is 0.303 e. The molecule has 2 aromatic rings. The molecular formula is C19H25N5O7. The number of hydrogen-bond acceptors (Lipinski definition) is 10. The van der Waals surface area contributed by atoms with E-state index in [9.17, 15) is 19.5 Å². The van der Waals surface area contributed by atoms with Crippen molar-refractivity contribution in [2.75, 3.05) is 11.9 Å². The lowest BCUT2D eigenvalue weighted by Crippen LogP contribution is -2.43. The van der Waals surface area contributed by atoms with Gasteiger partial charge >= 0.3 is 11.9 Å². The maximum absolute atomic E-state index is 11.7. The lowest BCUT2D eigenvalue weighted by Gasteiger charge is -2.30. The van der Waals surface area contributed by atoms with Gasteiger partial charge in [0.25, 0.3) is 0 Å². The largest absolute Gasteiger partial charge is 0.462 e. The minimum atomic E-state index is -0.876. The number of aliphatic hydroxyl groups is 1. The second-order valence-electron chi connectivity index (χ2n) is 7.36. The summed E-state index contributed by atoms with van der Waals surface area (Å²) < 4.78 is 18.6. The van der Waals surface area contributed by atoms with Crippen molar-refractivity contribution in [2.45, 2.75) is 58.7 Å². The minimum Gasteiger partial charge on any atom is -0.462 e. The molecule has 0 spiro atoms. The summed E-state index contributed by atoms with van der Waals surface area (Å²) in [7, 11) is 0. The first-order valence-corrected chi connectivity index (χ1v) is 9.77. The van der Waals surface area contributed by atoms with Gasteiger partial charge in [-0.2, -0.15) is 0 Å². The van der Waals surface area contributed by atoms with E-state index in [-0.39, 0.29) is 18.1 Å². The Kier molecular flexibility index (Phi) is 6.81. The second-order valence-corrected chi connectivity index (χ2v) is 7.36. The van der Waals surface area contributed by atoms with Crippen LogP contribution in [0.3, 0.4) is 0 Å². The third-order valence-electron chi connectivity index (χ3n) is 5.00. The molecule has 168 valence electrons. The number of hydrogen-bond donors (Lipinski definition) is 2. The molecule has 12 nitrogen and oxygen atoms in total. The van der Waals surface area contributed by atoms with Gasteiger partial charge < -0.3 is 24.6 Å². The number of carbonyl (C=O) groups is 3. The molecule has 0 aromatic carbocycles. The molecule has 1 aliphatic heterocycles. The number of carbonyl (C=O) groups excluding carboxylic acids is 3. The molecular weight excluding hydrogens is 410 g/mol. The average molecular weight is 435 g/mol. The van der Waals surface area contributed by atoms with Gasteiger partial charge in [0.2, 0.25) is 5.91 Å². The molecule has 2 aromatic heterocycles. The van der Waals surface area contributed by atoms with Crippen molar-refractivity contribution < 1.29 is 33.7 Å². The van der Waals surface area contributed by atoms with E-state index < -0.39 is 49.0 Å². The standard InChI is InChI=1S/C19H25N5O7/c1-9-13(29-11(3)27)5-15(31-14(6-25)17(9)30-12(4)28)24-8-22-16-18(23-10(2)26)20-7-21-19(16)24/h7-9,13-15,17,25H,5-6H2,1-4H3,(H,20,21,23,26)/t9-,13-,14+,15+,17-/m0/s1. The molecule has 2 N–H and O–H groups in total. The summed E-state index contributed by atoms with van der Waals surface area (Å²) in [6, 6.07) is 0. The summed E-state index contributed by atoms with van der Waals surface area (Å²) >= 11 is 0. The third-order valence-corrected chi connectivity index (χ3v) is 5.00. The first-order valence-electron chi connectivity index (χ1n) is 9.77. The molecule has 3 heterocycles. The molecule has 5 atom stereocenters. The zero-order chi connectivity index (χ0) is 22.7. The number of aromatic nitrogens is 4. The third kappa shape index (κ3) is 4.97. The first kappa shape index (κ1) is 22.6. The molecule has 0 unspecified atom stereocenters. The number of nitrogens with zero attached hydrogens (tertiary/aromatic N) is 4. The quantitative estimate of drug-likeness (QED) is 0.637. The van der Waals surface area contributed by atoms with Gasteiger partial charge in [0, 0.05) is 33.1 Å². The van der Waals surface area contributed by atoms with Crippen molar-refractivity contribution in [3.63, 3.8) is 0 Å². The predicted octanol–water partition coefficient (Wildman–Crippen LogP) is 0.564. The van der Waals surface area contributed by atoms with Crippen LogP contribution in [0.4, 0.5) is 5.82 Å². The SMILES string of the molecule is CC(=O)Nc1ncnc2c1ncn2[C@H]1C[C@H](OC(C)=O)[C@H](C)[C@H](OC(C)=O)[C@@H](CO)O1. The number of nitrogens with one attached hydrogen (secondary N) is 1. The zero-order valence-corrected chi connectivity index (χ0v) is 17.6. The highest BCUT2D eigenvalue weighted by atomic mass is 16.6. The summed E-state index contributed by atoms with van der Waals surface area (Å²) in [6.07, 6.45) is -0.201. The van der Waals surface area contributed by atoms with Crippen molar-refractivity contribution >= 4 is 34.8 Å². The molecule has 1 aliphatic rings. The summed E-state index contributed by atoms with van der Waals surface area (Å²) in [6.45, 7) is 5.24. The number of esters is 2.